The van der Waals surface area contributed by atoms with Gasteiger partial charge in [0, 0.05) is 5.56 Å². The van der Waals surface area contributed by atoms with Crippen molar-refractivity contribution in [3.8, 4) is 11.3 Å². The van der Waals surface area contributed by atoms with Crippen LogP contribution in [-0.2, 0) is 0 Å². The first-order valence-corrected chi connectivity index (χ1v) is 4.82. The highest BCUT2D eigenvalue weighted by Crippen LogP contribution is 2.22. The molecule has 0 bridgehead atoms. The quantitative estimate of drug-likeness (QED) is 0.887. The summed E-state index contributed by atoms with van der Waals surface area (Å²) in [5.41, 5.74) is 5.64. The van der Waals surface area contributed by atoms with E-state index in [1.165, 1.54) is 6.07 Å². The fraction of sp³-hybridized carbons (Fsp3) is 0.0909. The molecule has 17 heavy (non-hydrogen) atoms. The first-order chi connectivity index (χ1) is 8.09. The number of nitrogens with two attached hydrogens (primary N) is 1. The van der Waals surface area contributed by atoms with Crippen LogP contribution in [0, 0.1) is 0 Å². The zero-order valence-corrected chi connectivity index (χ0v) is 8.68. The van der Waals surface area contributed by atoms with Crippen LogP contribution in [0.3, 0.4) is 0 Å². The van der Waals surface area contributed by atoms with E-state index in [1.54, 1.807) is 30.3 Å². The van der Waals surface area contributed by atoms with E-state index in [-0.39, 0.29) is 5.69 Å². The summed E-state index contributed by atoms with van der Waals surface area (Å²) in [4.78, 5) is 11.0. The molecule has 0 spiro atoms. The molecule has 88 valence electrons. The molecule has 0 aliphatic rings. The van der Waals surface area contributed by atoms with E-state index < -0.39 is 12.5 Å². The third-order valence-electron chi connectivity index (χ3n) is 2.24. The number of nitrogens with zero attached hydrogens (tertiary/aromatic N) is 2. The van der Waals surface area contributed by atoms with Crippen molar-refractivity contribution in [2.75, 3.05) is 0 Å². The summed E-state index contributed by atoms with van der Waals surface area (Å²) in [5, 5.41) is 3.67. The van der Waals surface area contributed by atoms with Crippen molar-refractivity contribution in [1.82, 2.24) is 9.78 Å². The Hall–Kier alpha value is -2.24. The van der Waals surface area contributed by atoms with Crippen LogP contribution < -0.4 is 5.73 Å². The van der Waals surface area contributed by atoms with Crippen LogP contribution in [0.15, 0.2) is 36.4 Å². The SMILES string of the molecule is NC(=O)c1cc(-c2ccccc2)nn1C(F)F. The molecule has 0 saturated heterocycles. The molecule has 1 heterocycles. The lowest BCUT2D eigenvalue weighted by atomic mass is 10.1. The molecule has 2 aromatic rings. The van der Waals surface area contributed by atoms with Gasteiger partial charge in [-0.25, -0.2) is 0 Å². The monoisotopic (exact) mass is 237 g/mol. The van der Waals surface area contributed by atoms with Crippen LogP contribution in [-0.4, -0.2) is 15.7 Å². The minimum Gasteiger partial charge on any atom is -0.364 e. The Labute approximate surface area is 95.7 Å². The van der Waals surface area contributed by atoms with E-state index in [1.807, 2.05) is 0 Å². The molecule has 0 aliphatic carbocycles. The van der Waals surface area contributed by atoms with E-state index in [2.05, 4.69) is 5.10 Å². The molecule has 0 fully saturated rings. The summed E-state index contributed by atoms with van der Waals surface area (Å²) in [5.74, 6) is -0.931. The Balaban J connectivity index is 2.51. The topological polar surface area (TPSA) is 60.9 Å². The van der Waals surface area contributed by atoms with Gasteiger partial charge in [-0.3, -0.25) is 4.79 Å². The number of amides is 1. The molecule has 4 nitrogen and oxygen atoms in total. The van der Waals surface area contributed by atoms with E-state index >= 15 is 0 Å². The second kappa shape index (κ2) is 4.32. The van der Waals surface area contributed by atoms with Gasteiger partial charge in [0.05, 0.1) is 5.69 Å². The first-order valence-electron chi connectivity index (χ1n) is 4.82. The highest BCUT2D eigenvalue weighted by molar-refractivity contribution is 5.92. The Morgan fingerprint density at radius 2 is 1.94 bits per heavy atom. The number of alkyl halides is 2. The molecular formula is C11H9F2N3O. The molecule has 1 aromatic heterocycles. The van der Waals surface area contributed by atoms with Gasteiger partial charge < -0.3 is 5.73 Å². The third kappa shape index (κ3) is 2.15. The van der Waals surface area contributed by atoms with Crippen LogP contribution in [0.5, 0.6) is 0 Å². The average molecular weight is 237 g/mol. The van der Waals surface area contributed by atoms with E-state index in [9.17, 15) is 13.6 Å². The fourth-order valence-corrected chi connectivity index (χ4v) is 1.48. The minimum atomic E-state index is -2.89. The number of hydrogen-bond acceptors (Lipinski definition) is 2. The summed E-state index contributed by atoms with van der Waals surface area (Å²) < 4.78 is 25.5. The van der Waals surface area contributed by atoms with E-state index in [0.717, 1.165) is 0 Å². The second-order valence-corrected chi connectivity index (χ2v) is 3.37. The highest BCUT2D eigenvalue weighted by atomic mass is 19.3. The van der Waals surface area contributed by atoms with Crippen LogP contribution in [0.4, 0.5) is 8.78 Å². The molecule has 1 amide bonds. The van der Waals surface area contributed by atoms with Gasteiger partial charge in [0.2, 0.25) is 0 Å². The molecule has 0 atom stereocenters. The predicted molar refractivity (Wildman–Crippen MR) is 57.4 cm³/mol. The van der Waals surface area contributed by atoms with Crippen LogP contribution in [0.25, 0.3) is 11.3 Å². The van der Waals surface area contributed by atoms with Gasteiger partial charge in [0.25, 0.3) is 5.91 Å². The number of carbonyl (C=O) groups excluding carboxylic acids is 1. The minimum absolute atomic E-state index is 0.291. The van der Waals surface area contributed by atoms with Gasteiger partial charge in [0.1, 0.15) is 5.69 Å². The normalized spacial score (nSPS) is 10.8. The van der Waals surface area contributed by atoms with E-state index in [4.69, 9.17) is 5.73 Å². The standard InChI is InChI=1S/C11H9F2N3O/c12-11(13)16-9(10(14)17)6-8(15-16)7-4-2-1-3-5-7/h1-6,11H,(H2,14,17). The number of aromatic nitrogens is 2. The Morgan fingerprint density at radius 1 is 1.29 bits per heavy atom. The van der Waals surface area contributed by atoms with Crippen LogP contribution in [0.1, 0.15) is 17.0 Å². The molecule has 0 aliphatic heterocycles. The number of carbonyl (C=O) groups is 1. The zero-order valence-electron chi connectivity index (χ0n) is 8.68. The molecule has 1 aromatic carbocycles. The van der Waals surface area contributed by atoms with Gasteiger partial charge in [-0.2, -0.15) is 18.6 Å². The van der Waals surface area contributed by atoms with Gasteiger partial charge in [-0.15, -0.1) is 0 Å². The van der Waals surface area contributed by atoms with Gasteiger partial charge in [-0.1, -0.05) is 30.3 Å². The van der Waals surface area contributed by atoms with Gasteiger partial charge in [-0.05, 0) is 6.07 Å². The predicted octanol–water partition coefficient (Wildman–Crippen LogP) is 2.04. The van der Waals surface area contributed by atoms with Crippen molar-refractivity contribution in [3.05, 3.63) is 42.1 Å². The lowest BCUT2D eigenvalue weighted by Crippen LogP contribution is -2.18. The summed E-state index contributed by atoms with van der Waals surface area (Å²) in [6.07, 6.45) is 0. The van der Waals surface area contributed by atoms with Gasteiger partial charge in [0.15, 0.2) is 0 Å². The molecule has 0 saturated carbocycles. The van der Waals surface area contributed by atoms with Crippen molar-refractivity contribution < 1.29 is 13.6 Å². The van der Waals surface area contributed by atoms with Crippen molar-refractivity contribution in [2.24, 2.45) is 5.73 Å². The molecule has 2 rings (SSSR count). The summed E-state index contributed by atoms with van der Waals surface area (Å²) in [6, 6.07) is 9.97. The lowest BCUT2D eigenvalue weighted by Gasteiger charge is -2.01. The van der Waals surface area contributed by atoms with Crippen molar-refractivity contribution in [2.45, 2.75) is 6.55 Å². The number of primary amides is 1. The number of halogens is 2. The van der Waals surface area contributed by atoms with Crippen molar-refractivity contribution in [1.29, 1.82) is 0 Å². The van der Waals surface area contributed by atoms with Crippen LogP contribution in [0.2, 0.25) is 0 Å². The molecule has 0 radical (unpaired) electrons. The lowest BCUT2D eigenvalue weighted by molar-refractivity contribution is 0.0519. The highest BCUT2D eigenvalue weighted by Gasteiger charge is 2.19. The number of rotatable bonds is 3. The average Bonchev–Trinajstić information content (AvgIpc) is 2.75. The number of hydrogen-bond donors (Lipinski definition) is 1. The molecule has 2 N–H and O–H groups in total. The summed E-state index contributed by atoms with van der Waals surface area (Å²) in [6.45, 7) is -2.89. The maximum absolute atomic E-state index is 12.6. The molecular weight excluding hydrogens is 228 g/mol. The second-order valence-electron chi connectivity index (χ2n) is 3.37. The maximum atomic E-state index is 12.6. The smallest absolute Gasteiger partial charge is 0.333 e. The summed E-state index contributed by atoms with van der Waals surface area (Å²) >= 11 is 0. The third-order valence-corrected chi connectivity index (χ3v) is 2.24. The zero-order chi connectivity index (χ0) is 12.4. The van der Waals surface area contributed by atoms with Crippen molar-refractivity contribution >= 4 is 5.91 Å². The largest absolute Gasteiger partial charge is 0.364 e. The molecule has 0 unspecified atom stereocenters. The summed E-state index contributed by atoms with van der Waals surface area (Å²) in [7, 11) is 0. The van der Waals surface area contributed by atoms with Gasteiger partial charge >= 0.3 is 6.55 Å². The van der Waals surface area contributed by atoms with Crippen molar-refractivity contribution in [3.63, 3.8) is 0 Å². The fourth-order valence-electron chi connectivity index (χ4n) is 1.48. The van der Waals surface area contributed by atoms with E-state index in [0.29, 0.717) is 15.9 Å². The maximum Gasteiger partial charge on any atom is 0.333 e. The Morgan fingerprint density at radius 3 is 2.41 bits per heavy atom. The Bertz CT molecular complexity index is 537. The Kier molecular flexibility index (Phi) is 2.86. The first kappa shape index (κ1) is 11.3. The van der Waals surface area contributed by atoms with Crippen LogP contribution >= 0.6 is 0 Å². The number of benzene rings is 1. The molecule has 6 heteroatoms.